The normalized spacial score (nSPS) is 24.3. The molecule has 0 spiro atoms. The number of anilines is 1. The summed E-state index contributed by atoms with van der Waals surface area (Å²) in [6.07, 6.45) is 1.16. The van der Waals surface area contributed by atoms with Crippen LogP contribution in [0.4, 0.5) is 5.69 Å². The molecule has 162 valence electrons. The van der Waals surface area contributed by atoms with Gasteiger partial charge in [0.15, 0.2) is 11.5 Å². The van der Waals surface area contributed by atoms with Gasteiger partial charge in [-0.2, -0.15) is 0 Å². The van der Waals surface area contributed by atoms with E-state index in [0.717, 1.165) is 55.2 Å². The Morgan fingerprint density at radius 1 is 0.900 bits per heavy atom. The Morgan fingerprint density at radius 3 is 2.40 bits per heavy atom. The van der Waals surface area contributed by atoms with Crippen molar-refractivity contribution in [1.29, 1.82) is 0 Å². The minimum absolute atomic E-state index is 0.153. The molecule has 30 heavy (non-hydrogen) atoms. The molecular formula is C23H29ClN2O4. The van der Waals surface area contributed by atoms with Gasteiger partial charge in [-0.3, -0.25) is 4.90 Å². The van der Waals surface area contributed by atoms with E-state index in [4.69, 9.17) is 25.8 Å². The van der Waals surface area contributed by atoms with Crippen LogP contribution in [0.5, 0.6) is 17.2 Å². The Hall–Kier alpha value is -2.15. The lowest BCUT2D eigenvalue weighted by Crippen LogP contribution is -2.58. The van der Waals surface area contributed by atoms with Crippen LogP contribution in [0.3, 0.4) is 0 Å². The Labute approximate surface area is 182 Å². The molecule has 0 aromatic heterocycles. The van der Waals surface area contributed by atoms with E-state index in [1.54, 1.807) is 21.3 Å². The Kier molecular flexibility index (Phi) is 6.27. The molecule has 0 amide bonds. The number of halogens is 1. The number of ether oxygens (including phenoxy) is 3. The van der Waals surface area contributed by atoms with Gasteiger partial charge in [0.2, 0.25) is 0 Å². The fraction of sp³-hybridized carbons (Fsp3) is 0.478. The first-order chi connectivity index (χ1) is 14.5. The quantitative estimate of drug-likeness (QED) is 0.776. The summed E-state index contributed by atoms with van der Waals surface area (Å²) in [5.74, 6) is 2.12. The molecule has 3 unspecified atom stereocenters. The molecule has 0 aliphatic carbocycles. The highest BCUT2D eigenvalue weighted by Crippen LogP contribution is 2.40. The summed E-state index contributed by atoms with van der Waals surface area (Å²) in [6.45, 7) is 2.67. The van der Waals surface area contributed by atoms with Crippen molar-refractivity contribution in [2.45, 2.75) is 31.0 Å². The van der Waals surface area contributed by atoms with Crippen molar-refractivity contribution >= 4 is 17.3 Å². The van der Waals surface area contributed by atoms with Gasteiger partial charge >= 0.3 is 0 Å². The van der Waals surface area contributed by atoms with E-state index in [0.29, 0.717) is 10.8 Å². The van der Waals surface area contributed by atoms with E-state index in [-0.39, 0.29) is 18.2 Å². The van der Waals surface area contributed by atoms with Gasteiger partial charge in [-0.05, 0) is 42.7 Å². The molecule has 2 fully saturated rings. The number of hydrogen-bond donors (Lipinski definition) is 1. The van der Waals surface area contributed by atoms with Gasteiger partial charge in [0.05, 0.1) is 32.5 Å². The molecule has 0 bridgehead atoms. The number of benzene rings is 2. The van der Waals surface area contributed by atoms with Crippen molar-refractivity contribution in [2.24, 2.45) is 0 Å². The number of nitrogens with zero attached hydrogens (tertiary/aromatic N) is 2. The zero-order valence-electron chi connectivity index (χ0n) is 17.7. The van der Waals surface area contributed by atoms with Gasteiger partial charge < -0.3 is 24.2 Å². The van der Waals surface area contributed by atoms with Crippen LogP contribution in [0.25, 0.3) is 0 Å². The number of piperazine rings is 1. The summed E-state index contributed by atoms with van der Waals surface area (Å²) in [4.78, 5) is 4.88. The van der Waals surface area contributed by atoms with Crippen LogP contribution in [0.2, 0.25) is 5.02 Å². The maximum atomic E-state index is 10.6. The molecule has 6 nitrogen and oxygen atoms in total. The second kappa shape index (κ2) is 8.92. The van der Waals surface area contributed by atoms with Crippen LogP contribution in [0.15, 0.2) is 36.4 Å². The second-order valence-electron chi connectivity index (χ2n) is 7.91. The molecule has 7 heteroatoms. The van der Waals surface area contributed by atoms with Crippen molar-refractivity contribution < 1.29 is 19.3 Å². The van der Waals surface area contributed by atoms with Gasteiger partial charge in [-0.25, -0.2) is 0 Å². The summed E-state index contributed by atoms with van der Waals surface area (Å²) in [5.41, 5.74) is 2.25. The van der Waals surface area contributed by atoms with E-state index in [9.17, 15) is 5.11 Å². The Balaban J connectivity index is 1.56. The summed E-state index contributed by atoms with van der Waals surface area (Å²) < 4.78 is 16.3. The molecule has 2 aromatic rings. The smallest absolute Gasteiger partial charge is 0.161 e. The highest BCUT2D eigenvalue weighted by molar-refractivity contribution is 6.32. The Morgan fingerprint density at radius 2 is 1.67 bits per heavy atom. The summed E-state index contributed by atoms with van der Waals surface area (Å²) in [7, 11) is 4.93. The summed E-state index contributed by atoms with van der Waals surface area (Å²) >= 11 is 6.19. The minimum Gasteiger partial charge on any atom is -0.495 e. The lowest BCUT2D eigenvalue weighted by Gasteiger charge is -2.50. The average molecular weight is 433 g/mol. The van der Waals surface area contributed by atoms with Crippen molar-refractivity contribution in [3.05, 3.63) is 47.0 Å². The first-order valence-electron chi connectivity index (χ1n) is 10.3. The van der Waals surface area contributed by atoms with E-state index in [2.05, 4.69) is 15.9 Å². The van der Waals surface area contributed by atoms with Crippen molar-refractivity contribution in [1.82, 2.24) is 4.90 Å². The Bertz CT molecular complexity index is 894. The van der Waals surface area contributed by atoms with Crippen LogP contribution < -0.4 is 19.1 Å². The van der Waals surface area contributed by atoms with Gasteiger partial charge in [-0.15, -0.1) is 0 Å². The standard InChI is InChI=1S/C23H29ClN2O4/c1-28-21-7-4-15(10-23(21)30-3)20-13-18(27)11-17-14-25(8-9-26(17)20)16-5-6-19(24)22(12-16)29-2/h4-7,10,12,17-18,20,27H,8-9,11,13-14H2,1-3H3. The van der Waals surface area contributed by atoms with Crippen molar-refractivity contribution in [3.63, 3.8) is 0 Å². The predicted octanol–water partition coefficient (Wildman–Crippen LogP) is 3.75. The molecule has 2 aromatic carbocycles. The molecule has 2 saturated heterocycles. The van der Waals surface area contributed by atoms with Crippen LogP contribution in [0, 0.1) is 0 Å². The lowest BCUT2D eigenvalue weighted by molar-refractivity contribution is -0.00607. The number of piperidine rings is 1. The molecule has 2 heterocycles. The first-order valence-corrected chi connectivity index (χ1v) is 10.7. The van der Waals surface area contributed by atoms with Gasteiger partial charge in [0, 0.05) is 43.5 Å². The maximum absolute atomic E-state index is 10.6. The van der Waals surface area contributed by atoms with E-state index < -0.39 is 0 Å². The highest BCUT2D eigenvalue weighted by atomic mass is 35.5. The van der Waals surface area contributed by atoms with E-state index in [1.165, 1.54) is 0 Å². The summed E-state index contributed by atoms with van der Waals surface area (Å²) in [6, 6.07) is 12.4. The minimum atomic E-state index is -0.330. The zero-order valence-corrected chi connectivity index (χ0v) is 18.4. The van der Waals surface area contributed by atoms with Gasteiger partial charge in [-0.1, -0.05) is 17.7 Å². The van der Waals surface area contributed by atoms with Crippen molar-refractivity contribution in [2.75, 3.05) is 45.9 Å². The molecule has 1 N–H and O–H groups in total. The second-order valence-corrected chi connectivity index (χ2v) is 8.32. The third-order valence-corrected chi connectivity index (χ3v) is 6.57. The number of aliphatic hydroxyl groups is 1. The van der Waals surface area contributed by atoms with Crippen LogP contribution in [-0.4, -0.2) is 63.1 Å². The molecule has 2 aliphatic rings. The molecule has 0 saturated carbocycles. The lowest BCUT2D eigenvalue weighted by atomic mass is 9.87. The number of rotatable bonds is 5. The van der Waals surface area contributed by atoms with Gasteiger partial charge in [0.1, 0.15) is 5.75 Å². The summed E-state index contributed by atoms with van der Waals surface area (Å²) in [5, 5.41) is 11.3. The number of aliphatic hydroxyl groups excluding tert-OH is 1. The number of methoxy groups -OCH3 is 3. The molecule has 3 atom stereocenters. The number of hydrogen-bond acceptors (Lipinski definition) is 6. The van der Waals surface area contributed by atoms with Crippen LogP contribution in [0.1, 0.15) is 24.4 Å². The maximum Gasteiger partial charge on any atom is 0.161 e. The number of fused-ring (bicyclic) bond motifs is 1. The fourth-order valence-electron chi connectivity index (χ4n) is 4.76. The largest absolute Gasteiger partial charge is 0.495 e. The van der Waals surface area contributed by atoms with Crippen LogP contribution >= 0.6 is 11.6 Å². The third kappa shape index (κ3) is 4.04. The van der Waals surface area contributed by atoms with Gasteiger partial charge in [0.25, 0.3) is 0 Å². The molecule has 4 rings (SSSR count). The zero-order chi connectivity index (χ0) is 21.3. The first kappa shape index (κ1) is 21.1. The van der Waals surface area contributed by atoms with E-state index >= 15 is 0 Å². The highest BCUT2D eigenvalue weighted by Gasteiger charge is 2.39. The molecule has 2 aliphatic heterocycles. The third-order valence-electron chi connectivity index (χ3n) is 6.26. The topological polar surface area (TPSA) is 54.4 Å². The van der Waals surface area contributed by atoms with E-state index in [1.807, 2.05) is 30.3 Å². The monoisotopic (exact) mass is 432 g/mol. The molecule has 0 radical (unpaired) electrons. The fourth-order valence-corrected chi connectivity index (χ4v) is 4.95. The molecular weight excluding hydrogens is 404 g/mol. The SMILES string of the molecule is COc1cc(N2CCN3C(CC(O)CC3c3ccc(OC)c(OC)c3)C2)ccc1Cl. The van der Waals surface area contributed by atoms with Crippen LogP contribution in [-0.2, 0) is 0 Å². The average Bonchev–Trinajstić information content (AvgIpc) is 2.77. The van der Waals surface area contributed by atoms with Crippen molar-refractivity contribution in [3.8, 4) is 17.2 Å². The predicted molar refractivity (Wildman–Crippen MR) is 118 cm³/mol.